The van der Waals surface area contributed by atoms with Gasteiger partial charge in [-0.05, 0) is 38.3 Å². The molecule has 0 aliphatic carbocycles. The summed E-state index contributed by atoms with van der Waals surface area (Å²) in [6.07, 6.45) is 0.637. The zero-order valence-corrected chi connectivity index (χ0v) is 15.1. The molecule has 4 rings (SSSR count). The summed E-state index contributed by atoms with van der Waals surface area (Å²) in [6, 6.07) is 3.01. The molecule has 0 saturated carbocycles. The van der Waals surface area contributed by atoms with E-state index in [9.17, 15) is 14.7 Å². The second kappa shape index (κ2) is 5.52. The first-order valence-corrected chi connectivity index (χ1v) is 8.73. The fraction of sp³-hybridized carbons (Fsp3) is 0.368. The highest BCUT2D eigenvalue weighted by atomic mass is 16.4. The maximum atomic E-state index is 12.6. The minimum atomic E-state index is -0.490. The molecule has 3 heterocycles. The normalized spacial score (nSPS) is 12.4. The molecule has 0 radical (unpaired) electrons. The number of phenols is 1. The van der Waals surface area contributed by atoms with Gasteiger partial charge in [-0.1, -0.05) is 13.8 Å². The van der Waals surface area contributed by atoms with E-state index in [1.807, 2.05) is 13.8 Å². The molecule has 0 spiro atoms. The van der Waals surface area contributed by atoms with Gasteiger partial charge >= 0.3 is 0 Å². The van der Waals surface area contributed by atoms with Gasteiger partial charge in [0.2, 0.25) is 11.2 Å². The van der Waals surface area contributed by atoms with Gasteiger partial charge in [-0.3, -0.25) is 19.4 Å². The number of aromatic hydroxyl groups is 1. The van der Waals surface area contributed by atoms with Crippen molar-refractivity contribution < 1.29 is 9.52 Å². The Hall–Kier alpha value is -2.96. The van der Waals surface area contributed by atoms with Crippen LogP contribution in [0.5, 0.6) is 5.75 Å². The monoisotopic (exact) mass is 355 g/mol. The van der Waals surface area contributed by atoms with E-state index in [1.54, 1.807) is 10.7 Å². The van der Waals surface area contributed by atoms with Crippen LogP contribution in [0.4, 0.5) is 0 Å². The fourth-order valence-corrected chi connectivity index (χ4v) is 3.54. The van der Waals surface area contributed by atoms with Gasteiger partial charge in [-0.15, -0.1) is 0 Å². The minimum Gasteiger partial charge on any atom is -0.502 e. The maximum Gasteiger partial charge on any atom is 0.274 e. The quantitative estimate of drug-likeness (QED) is 0.524. The van der Waals surface area contributed by atoms with Gasteiger partial charge in [-0.2, -0.15) is 0 Å². The predicted molar refractivity (Wildman–Crippen MR) is 101 cm³/mol. The van der Waals surface area contributed by atoms with Crippen molar-refractivity contribution >= 4 is 33.1 Å². The molecule has 0 atom stereocenters. The molecule has 0 aliphatic rings. The first-order chi connectivity index (χ1) is 12.3. The second-order valence-electron chi connectivity index (χ2n) is 7.42. The first-order valence-electron chi connectivity index (χ1n) is 8.73. The standard InChI is InChI=1S/C19H21N3O4/c1-8(2)7-11-13-18(22(9(3)4)21-19(13)25)20-14-10-5-6-12(23)15(24)17(10)26-16(11)14/h5-6,8-9,20,24H,7H2,1-4H3,(H,21,25). The highest BCUT2D eigenvalue weighted by molar-refractivity contribution is 6.09. The third kappa shape index (κ3) is 2.20. The van der Waals surface area contributed by atoms with E-state index < -0.39 is 11.2 Å². The van der Waals surface area contributed by atoms with Crippen molar-refractivity contribution in [3.63, 3.8) is 0 Å². The summed E-state index contributed by atoms with van der Waals surface area (Å²) >= 11 is 0. The highest BCUT2D eigenvalue weighted by Crippen LogP contribution is 2.36. The Morgan fingerprint density at radius 1 is 1.15 bits per heavy atom. The molecule has 0 amide bonds. The van der Waals surface area contributed by atoms with E-state index >= 15 is 0 Å². The smallest absolute Gasteiger partial charge is 0.274 e. The molecular weight excluding hydrogens is 334 g/mol. The molecule has 0 aliphatic heterocycles. The van der Waals surface area contributed by atoms with Crippen LogP contribution in [0, 0.1) is 5.92 Å². The lowest BCUT2D eigenvalue weighted by molar-refractivity contribution is 0.463. The molecule has 0 saturated heterocycles. The molecule has 0 fully saturated rings. The van der Waals surface area contributed by atoms with Crippen LogP contribution in [0.1, 0.15) is 39.3 Å². The van der Waals surface area contributed by atoms with E-state index in [2.05, 4.69) is 23.9 Å². The number of aromatic amines is 2. The lowest BCUT2D eigenvalue weighted by Crippen LogP contribution is -2.08. The number of nitrogens with one attached hydrogen (secondary N) is 2. The SMILES string of the molecule is CC(C)Cc1c2oc3c(O)c(=O)ccc3c2[nH]c2c1c(=O)[nH]n2C(C)C. The maximum absolute atomic E-state index is 12.6. The number of hydrogen-bond donors (Lipinski definition) is 3. The Kier molecular flexibility index (Phi) is 3.50. The van der Waals surface area contributed by atoms with Crippen molar-refractivity contribution in [3.8, 4) is 5.75 Å². The van der Waals surface area contributed by atoms with E-state index in [4.69, 9.17) is 4.42 Å². The van der Waals surface area contributed by atoms with Crippen molar-refractivity contribution in [1.29, 1.82) is 0 Å². The van der Waals surface area contributed by atoms with Crippen molar-refractivity contribution in [3.05, 3.63) is 38.3 Å². The molecule has 0 bridgehead atoms. The third-order valence-corrected chi connectivity index (χ3v) is 4.67. The number of fused-ring (bicyclic) bond motifs is 4. The first kappa shape index (κ1) is 16.5. The summed E-state index contributed by atoms with van der Waals surface area (Å²) in [5, 5.41) is 14.2. The third-order valence-electron chi connectivity index (χ3n) is 4.67. The minimum absolute atomic E-state index is 0.0561. The van der Waals surface area contributed by atoms with Crippen LogP contribution in [-0.2, 0) is 6.42 Å². The predicted octanol–water partition coefficient (Wildman–Crippen LogP) is 3.40. The molecule has 1 aromatic carbocycles. The molecule has 136 valence electrons. The molecule has 0 unspecified atom stereocenters. The number of phenolic OH excluding ortho intramolecular Hbond substituents is 1. The lowest BCUT2D eigenvalue weighted by atomic mass is 10.00. The van der Waals surface area contributed by atoms with Crippen LogP contribution in [0.3, 0.4) is 0 Å². The van der Waals surface area contributed by atoms with Crippen molar-refractivity contribution in [2.75, 3.05) is 0 Å². The van der Waals surface area contributed by atoms with Crippen LogP contribution in [0.15, 0.2) is 26.1 Å². The van der Waals surface area contributed by atoms with E-state index in [0.29, 0.717) is 39.9 Å². The lowest BCUT2D eigenvalue weighted by Gasteiger charge is -2.11. The number of hydrogen-bond acceptors (Lipinski definition) is 4. The number of pyridine rings is 1. The molecule has 3 N–H and O–H groups in total. The molecule has 7 heteroatoms. The zero-order chi connectivity index (χ0) is 18.7. The van der Waals surface area contributed by atoms with Crippen molar-refractivity contribution in [1.82, 2.24) is 14.8 Å². The number of aromatic nitrogens is 3. The summed E-state index contributed by atoms with van der Waals surface area (Å²) in [7, 11) is 0. The van der Waals surface area contributed by atoms with E-state index in [0.717, 1.165) is 5.56 Å². The van der Waals surface area contributed by atoms with Crippen LogP contribution < -0.4 is 11.0 Å². The zero-order valence-electron chi connectivity index (χ0n) is 15.1. The van der Waals surface area contributed by atoms with E-state index in [-0.39, 0.29) is 17.2 Å². The summed E-state index contributed by atoms with van der Waals surface area (Å²) < 4.78 is 7.68. The largest absolute Gasteiger partial charge is 0.502 e. The van der Waals surface area contributed by atoms with Crippen LogP contribution >= 0.6 is 0 Å². The van der Waals surface area contributed by atoms with Crippen LogP contribution in [-0.4, -0.2) is 19.9 Å². The number of H-pyrrole nitrogens is 2. The fourth-order valence-electron chi connectivity index (χ4n) is 3.54. The van der Waals surface area contributed by atoms with Crippen molar-refractivity contribution in [2.24, 2.45) is 5.92 Å². The summed E-state index contributed by atoms with van der Waals surface area (Å²) in [5.41, 5.74) is 2.12. The van der Waals surface area contributed by atoms with Gasteiger partial charge in [0.15, 0.2) is 11.2 Å². The summed E-state index contributed by atoms with van der Waals surface area (Å²) in [6.45, 7) is 8.10. The molecule has 7 nitrogen and oxygen atoms in total. The highest BCUT2D eigenvalue weighted by Gasteiger charge is 2.23. The number of nitrogens with zero attached hydrogens (tertiary/aromatic N) is 1. The average Bonchev–Trinajstić information content (AvgIpc) is 3.10. The average molecular weight is 355 g/mol. The molecule has 4 aromatic rings. The summed E-state index contributed by atoms with van der Waals surface area (Å²) in [4.78, 5) is 27.7. The Labute approximate surface area is 148 Å². The van der Waals surface area contributed by atoms with Gasteiger partial charge in [0.25, 0.3) is 5.56 Å². The second-order valence-corrected chi connectivity index (χ2v) is 7.42. The number of furan rings is 1. The number of rotatable bonds is 3. The van der Waals surface area contributed by atoms with Gasteiger partial charge in [0.05, 0.1) is 10.9 Å². The van der Waals surface area contributed by atoms with E-state index in [1.165, 1.54) is 6.07 Å². The molecule has 3 aromatic heterocycles. The Balaban J connectivity index is 2.27. The van der Waals surface area contributed by atoms with Crippen LogP contribution in [0.25, 0.3) is 33.1 Å². The van der Waals surface area contributed by atoms with Gasteiger partial charge in [-0.25, -0.2) is 0 Å². The topological polar surface area (TPSA) is 104 Å². The van der Waals surface area contributed by atoms with Gasteiger partial charge < -0.3 is 14.5 Å². The van der Waals surface area contributed by atoms with Crippen LogP contribution in [0.2, 0.25) is 0 Å². The number of benzene rings is 1. The Bertz CT molecular complexity index is 1270. The van der Waals surface area contributed by atoms with Gasteiger partial charge in [0, 0.05) is 17.0 Å². The van der Waals surface area contributed by atoms with Gasteiger partial charge in [0.1, 0.15) is 5.65 Å². The molecule has 26 heavy (non-hydrogen) atoms. The van der Waals surface area contributed by atoms with Crippen molar-refractivity contribution in [2.45, 2.75) is 40.2 Å². The summed E-state index contributed by atoms with van der Waals surface area (Å²) in [5.74, 6) is -0.115. The molecular formula is C19H21N3O4. The Morgan fingerprint density at radius 3 is 2.54 bits per heavy atom. The Morgan fingerprint density at radius 2 is 1.88 bits per heavy atom.